The SMILES string of the molecule is CCNC(=NCC(=O)N(C)C)NCCCCCCSC. The zero-order valence-electron chi connectivity index (χ0n) is 13.4. The van der Waals surface area contributed by atoms with Crippen LogP contribution in [0.1, 0.15) is 32.6 Å². The molecule has 20 heavy (non-hydrogen) atoms. The summed E-state index contributed by atoms with van der Waals surface area (Å²) in [6, 6.07) is 0. The van der Waals surface area contributed by atoms with E-state index in [0.717, 1.165) is 25.5 Å². The average Bonchev–Trinajstić information content (AvgIpc) is 2.43. The molecule has 0 saturated heterocycles. The Hall–Kier alpha value is -0.910. The average molecular weight is 302 g/mol. The van der Waals surface area contributed by atoms with Crippen LogP contribution in [0.2, 0.25) is 0 Å². The lowest BCUT2D eigenvalue weighted by Gasteiger charge is -2.12. The van der Waals surface area contributed by atoms with Crippen LogP contribution in [0, 0.1) is 0 Å². The predicted octanol–water partition coefficient (Wildman–Crippen LogP) is 1.55. The number of unbranched alkanes of at least 4 members (excludes halogenated alkanes) is 3. The van der Waals surface area contributed by atoms with Gasteiger partial charge in [-0.05, 0) is 31.8 Å². The quantitative estimate of drug-likeness (QED) is 0.365. The lowest BCUT2D eigenvalue weighted by Crippen LogP contribution is -2.38. The van der Waals surface area contributed by atoms with Gasteiger partial charge in [0.15, 0.2) is 5.96 Å². The molecule has 6 heteroatoms. The van der Waals surface area contributed by atoms with E-state index in [9.17, 15) is 4.79 Å². The fourth-order valence-electron chi connectivity index (χ4n) is 1.56. The second-order valence-electron chi connectivity index (χ2n) is 4.82. The molecular formula is C14H30N4OS. The maximum absolute atomic E-state index is 11.5. The Labute approximate surface area is 128 Å². The molecule has 0 rings (SSSR count). The van der Waals surface area contributed by atoms with E-state index in [0.29, 0.717) is 0 Å². The van der Waals surface area contributed by atoms with Crippen molar-refractivity contribution in [3.63, 3.8) is 0 Å². The second kappa shape index (κ2) is 13.1. The van der Waals surface area contributed by atoms with Crippen molar-refractivity contribution in [1.29, 1.82) is 0 Å². The van der Waals surface area contributed by atoms with Gasteiger partial charge in [-0.25, -0.2) is 4.99 Å². The van der Waals surface area contributed by atoms with E-state index < -0.39 is 0 Å². The monoisotopic (exact) mass is 302 g/mol. The van der Waals surface area contributed by atoms with Crippen LogP contribution in [0.4, 0.5) is 0 Å². The van der Waals surface area contributed by atoms with Crippen molar-refractivity contribution in [3.8, 4) is 0 Å². The van der Waals surface area contributed by atoms with E-state index in [-0.39, 0.29) is 12.5 Å². The van der Waals surface area contributed by atoms with Gasteiger partial charge in [0.1, 0.15) is 6.54 Å². The molecule has 0 radical (unpaired) electrons. The van der Waals surface area contributed by atoms with E-state index in [4.69, 9.17) is 0 Å². The summed E-state index contributed by atoms with van der Waals surface area (Å²) in [4.78, 5) is 17.3. The molecule has 118 valence electrons. The van der Waals surface area contributed by atoms with Crippen molar-refractivity contribution in [1.82, 2.24) is 15.5 Å². The molecule has 0 spiro atoms. The Morgan fingerprint density at radius 2 is 1.85 bits per heavy atom. The summed E-state index contributed by atoms with van der Waals surface area (Å²) in [5.41, 5.74) is 0. The molecule has 0 bridgehead atoms. The second-order valence-corrected chi connectivity index (χ2v) is 5.80. The van der Waals surface area contributed by atoms with Gasteiger partial charge in [0.05, 0.1) is 0 Å². The third kappa shape index (κ3) is 11.0. The van der Waals surface area contributed by atoms with E-state index in [1.165, 1.54) is 25.0 Å². The lowest BCUT2D eigenvalue weighted by atomic mass is 10.2. The molecule has 5 nitrogen and oxygen atoms in total. The summed E-state index contributed by atoms with van der Waals surface area (Å²) in [5.74, 6) is 2.00. The van der Waals surface area contributed by atoms with Crippen molar-refractivity contribution in [2.75, 3.05) is 45.7 Å². The minimum Gasteiger partial charge on any atom is -0.357 e. The maximum atomic E-state index is 11.5. The van der Waals surface area contributed by atoms with Crippen molar-refractivity contribution in [2.45, 2.75) is 32.6 Å². The summed E-state index contributed by atoms with van der Waals surface area (Å²) in [7, 11) is 3.49. The van der Waals surface area contributed by atoms with Crippen LogP contribution in [-0.4, -0.2) is 62.5 Å². The van der Waals surface area contributed by atoms with Gasteiger partial charge >= 0.3 is 0 Å². The summed E-state index contributed by atoms with van der Waals surface area (Å²) in [6.45, 7) is 3.92. The molecule has 0 saturated carbocycles. The summed E-state index contributed by atoms with van der Waals surface area (Å²) >= 11 is 1.91. The third-order valence-corrected chi connectivity index (χ3v) is 3.48. The Morgan fingerprint density at radius 1 is 1.15 bits per heavy atom. The van der Waals surface area contributed by atoms with Crippen LogP contribution in [0.15, 0.2) is 4.99 Å². The molecule has 2 N–H and O–H groups in total. The van der Waals surface area contributed by atoms with Crippen LogP contribution in [0.3, 0.4) is 0 Å². The van der Waals surface area contributed by atoms with Crippen molar-refractivity contribution in [3.05, 3.63) is 0 Å². The Morgan fingerprint density at radius 3 is 2.45 bits per heavy atom. The van der Waals surface area contributed by atoms with Gasteiger partial charge in [-0.15, -0.1) is 0 Å². The Balaban J connectivity index is 3.84. The smallest absolute Gasteiger partial charge is 0.243 e. The summed E-state index contributed by atoms with van der Waals surface area (Å²) in [6.07, 6.45) is 7.11. The molecule has 0 atom stereocenters. The number of carbonyl (C=O) groups excluding carboxylic acids is 1. The van der Waals surface area contributed by atoms with Crippen LogP contribution in [0.5, 0.6) is 0 Å². The fourth-order valence-corrected chi connectivity index (χ4v) is 2.05. The van der Waals surface area contributed by atoms with Crippen molar-refractivity contribution >= 4 is 23.6 Å². The minimum atomic E-state index is 0.0132. The Kier molecular flexibility index (Phi) is 12.5. The number of likely N-dealkylation sites (N-methyl/N-ethyl adjacent to an activating group) is 1. The van der Waals surface area contributed by atoms with Gasteiger partial charge in [0.2, 0.25) is 5.91 Å². The molecule has 0 heterocycles. The summed E-state index contributed by atoms with van der Waals surface area (Å²) in [5, 5.41) is 6.42. The standard InChI is InChI=1S/C14H30N4OS/c1-5-15-14(17-12-13(19)18(2)3)16-10-8-6-7-9-11-20-4/h5-12H2,1-4H3,(H2,15,16,17). The van der Waals surface area contributed by atoms with Crippen molar-refractivity contribution in [2.24, 2.45) is 4.99 Å². The first kappa shape index (κ1) is 19.1. The zero-order chi connectivity index (χ0) is 15.2. The number of nitrogens with zero attached hydrogens (tertiary/aromatic N) is 2. The van der Waals surface area contributed by atoms with Gasteiger partial charge < -0.3 is 15.5 Å². The number of rotatable bonds is 10. The van der Waals surface area contributed by atoms with E-state index in [1.807, 2.05) is 18.7 Å². The van der Waals surface area contributed by atoms with Crippen LogP contribution < -0.4 is 10.6 Å². The van der Waals surface area contributed by atoms with Crippen LogP contribution in [-0.2, 0) is 4.79 Å². The van der Waals surface area contributed by atoms with Crippen LogP contribution >= 0.6 is 11.8 Å². The van der Waals surface area contributed by atoms with Gasteiger partial charge in [-0.3, -0.25) is 4.79 Å². The molecular weight excluding hydrogens is 272 g/mol. The van der Waals surface area contributed by atoms with E-state index in [2.05, 4.69) is 21.9 Å². The molecule has 0 aliphatic heterocycles. The van der Waals surface area contributed by atoms with Gasteiger partial charge in [0.25, 0.3) is 0 Å². The first-order valence-corrected chi connectivity index (χ1v) is 8.72. The molecule has 0 aliphatic rings. The number of amides is 1. The van der Waals surface area contributed by atoms with Crippen LogP contribution in [0.25, 0.3) is 0 Å². The predicted molar refractivity (Wildman–Crippen MR) is 89.5 cm³/mol. The van der Waals surface area contributed by atoms with Crippen molar-refractivity contribution < 1.29 is 4.79 Å². The maximum Gasteiger partial charge on any atom is 0.243 e. The number of nitrogens with one attached hydrogen (secondary N) is 2. The largest absolute Gasteiger partial charge is 0.357 e. The topological polar surface area (TPSA) is 56.7 Å². The number of carbonyl (C=O) groups is 1. The van der Waals surface area contributed by atoms with Gasteiger partial charge in [-0.2, -0.15) is 11.8 Å². The zero-order valence-corrected chi connectivity index (χ0v) is 14.2. The third-order valence-electron chi connectivity index (χ3n) is 2.78. The highest BCUT2D eigenvalue weighted by atomic mass is 32.2. The molecule has 0 aliphatic carbocycles. The summed E-state index contributed by atoms with van der Waals surface area (Å²) < 4.78 is 0. The highest BCUT2D eigenvalue weighted by Gasteiger charge is 2.03. The fraction of sp³-hybridized carbons (Fsp3) is 0.857. The molecule has 0 aromatic heterocycles. The normalized spacial score (nSPS) is 11.3. The molecule has 0 aromatic rings. The lowest BCUT2D eigenvalue weighted by molar-refractivity contribution is -0.127. The van der Waals surface area contributed by atoms with Gasteiger partial charge in [0, 0.05) is 27.2 Å². The molecule has 0 aromatic carbocycles. The first-order valence-electron chi connectivity index (χ1n) is 7.33. The number of thioether (sulfide) groups is 1. The Bertz CT molecular complexity index is 282. The molecule has 0 fully saturated rings. The van der Waals surface area contributed by atoms with E-state index in [1.54, 1.807) is 19.0 Å². The minimum absolute atomic E-state index is 0.0132. The number of guanidine groups is 1. The number of aliphatic imine (C=N–C) groups is 1. The van der Waals surface area contributed by atoms with Gasteiger partial charge in [-0.1, -0.05) is 12.8 Å². The van der Waals surface area contributed by atoms with E-state index >= 15 is 0 Å². The first-order chi connectivity index (χ1) is 9.61. The highest BCUT2D eigenvalue weighted by Crippen LogP contribution is 2.03. The number of hydrogen-bond acceptors (Lipinski definition) is 3. The molecule has 0 unspecified atom stereocenters. The number of hydrogen-bond donors (Lipinski definition) is 2. The molecule has 1 amide bonds. The highest BCUT2D eigenvalue weighted by molar-refractivity contribution is 7.98.